The van der Waals surface area contributed by atoms with Crippen molar-refractivity contribution in [2.24, 2.45) is 0 Å². The van der Waals surface area contributed by atoms with Crippen molar-refractivity contribution < 1.29 is 4.57 Å². The van der Waals surface area contributed by atoms with Crippen molar-refractivity contribution in [3.63, 3.8) is 0 Å². The highest BCUT2D eigenvalue weighted by Gasteiger charge is 2.29. The van der Waals surface area contributed by atoms with Crippen LogP contribution < -0.4 is 15.7 Å². The highest BCUT2D eigenvalue weighted by Crippen LogP contribution is 2.42. The molecular formula is C24H22NOP. The second-order valence-electron chi connectivity index (χ2n) is 6.74. The topological polar surface area (TPSA) is 29.1 Å². The second kappa shape index (κ2) is 7.52. The molecule has 0 aromatic heterocycles. The van der Waals surface area contributed by atoms with Gasteiger partial charge in [0.05, 0.1) is 0 Å². The molecule has 0 unspecified atom stereocenters. The van der Waals surface area contributed by atoms with E-state index < -0.39 is 7.29 Å². The lowest BCUT2D eigenvalue weighted by atomic mass is 10.1. The summed E-state index contributed by atoms with van der Waals surface area (Å²) >= 11 is 0. The smallest absolute Gasteiger partial charge is 0.205 e. The average molecular weight is 371 g/mol. The Hall–Kier alpha value is -2.67. The lowest BCUT2D eigenvalue weighted by Crippen LogP contribution is -2.29. The number of fused-ring (bicyclic) bond motifs is 1. The molecule has 27 heavy (non-hydrogen) atoms. The minimum Gasteiger partial charge on any atom is -0.297 e. The molecule has 0 amide bonds. The molecule has 4 rings (SSSR count). The van der Waals surface area contributed by atoms with E-state index in [-0.39, 0.29) is 6.04 Å². The Bertz CT molecular complexity index is 1090. The first kappa shape index (κ1) is 17.7. The van der Waals surface area contributed by atoms with Gasteiger partial charge in [-0.05, 0) is 47.5 Å². The lowest BCUT2D eigenvalue weighted by molar-refractivity contribution is 0.568. The molecule has 0 fully saturated rings. The second-order valence-corrected chi connectivity index (χ2v) is 9.25. The van der Waals surface area contributed by atoms with Gasteiger partial charge in [-0.3, -0.25) is 9.65 Å². The standard InChI is InChI=1S/C24H22NOP/c1-19(20-10-4-2-5-11-20)25-27(26,23-14-6-3-7-15-23)24-17-16-21-12-8-9-13-22(21)18-24/h2-19H,1H3,(H,25,26)/t19-,27+/m1/s1. The fraction of sp³-hybridized carbons (Fsp3) is 0.0833. The van der Waals surface area contributed by atoms with Gasteiger partial charge in [-0.1, -0.05) is 78.9 Å². The average Bonchev–Trinajstić information content (AvgIpc) is 2.74. The Morgan fingerprint density at radius 1 is 0.667 bits per heavy atom. The van der Waals surface area contributed by atoms with Crippen LogP contribution in [0, 0.1) is 0 Å². The molecule has 4 aromatic carbocycles. The van der Waals surface area contributed by atoms with E-state index >= 15 is 0 Å². The van der Waals surface area contributed by atoms with Gasteiger partial charge in [0.2, 0.25) is 7.29 Å². The number of benzene rings is 4. The molecule has 0 bridgehead atoms. The monoisotopic (exact) mass is 371 g/mol. The zero-order valence-electron chi connectivity index (χ0n) is 15.2. The first-order valence-electron chi connectivity index (χ1n) is 9.14. The fourth-order valence-electron chi connectivity index (χ4n) is 3.40. The minimum absolute atomic E-state index is 0.0382. The summed E-state index contributed by atoms with van der Waals surface area (Å²) < 4.78 is 14.3. The van der Waals surface area contributed by atoms with Crippen LogP contribution in [0.5, 0.6) is 0 Å². The lowest BCUT2D eigenvalue weighted by Gasteiger charge is -2.25. The predicted octanol–water partition coefficient (Wildman–Crippen LogP) is 5.42. The first-order valence-corrected chi connectivity index (χ1v) is 10.9. The molecule has 134 valence electrons. The van der Waals surface area contributed by atoms with Gasteiger partial charge in [0.1, 0.15) is 0 Å². The Morgan fingerprint density at radius 3 is 1.96 bits per heavy atom. The van der Waals surface area contributed by atoms with E-state index in [9.17, 15) is 4.57 Å². The largest absolute Gasteiger partial charge is 0.297 e. The van der Waals surface area contributed by atoms with Gasteiger partial charge in [0, 0.05) is 16.7 Å². The van der Waals surface area contributed by atoms with Gasteiger partial charge in [-0.25, -0.2) is 0 Å². The Kier molecular flexibility index (Phi) is 4.94. The van der Waals surface area contributed by atoms with Gasteiger partial charge < -0.3 is 0 Å². The molecule has 2 atom stereocenters. The molecular weight excluding hydrogens is 349 g/mol. The molecule has 0 saturated heterocycles. The van der Waals surface area contributed by atoms with E-state index in [1.54, 1.807) is 0 Å². The third kappa shape index (κ3) is 3.60. The zero-order valence-corrected chi connectivity index (χ0v) is 16.1. The van der Waals surface area contributed by atoms with E-state index in [1.807, 2.05) is 72.8 Å². The van der Waals surface area contributed by atoms with E-state index in [1.165, 1.54) is 0 Å². The van der Waals surface area contributed by atoms with Gasteiger partial charge in [0.15, 0.2) is 0 Å². The molecule has 1 N–H and O–H groups in total. The van der Waals surface area contributed by atoms with Crippen molar-refractivity contribution in [2.75, 3.05) is 0 Å². The van der Waals surface area contributed by atoms with Crippen molar-refractivity contribution in [3.8, 4) is 0 Å². The van der Waals surface area contributed by atoms with E-state index in [0.717, 1.165) is 26.9 Å². The predicted molar refractivity (Wildman–Crippen MR) is 115 cm³/mol. The number of rotatable bonds is 5. The zero-order chi connectivity index (χ0) is 18.7. The highest BCUT2D eigenvalue weighted by atomic mass is 31.2. The van der Waals surface area contributed by atoms with Crippen LogP contribution in [0.25, 0.3) is 10.8 Å². The summed E-state index contributed by atoms with van der Waals surface area (Å²) in [6.07, 6.45) is 0. The maximum Gasteiger partial charge on any atom is 0.205 e. The van der Waals surface area contributed by atoms with Crippen molar-refractivity contribution >= 4 is 28.7 Å². The fourth-order valence-corrected chi connectivity index (χ4v) is 5.89. The van der Waals surface area contributed by atoms with Crippen molar-refractivity contribution in [1.82, 2.24) is 5.09 Å². The van der Waals surface area contributed by atoms with Crippen LogP contribution >= 0.6 is 7.29 Å². The summed E-state index contributed by atoms with van der Waals surface area (Å²) in [7, 11) is -3.00. The van der Waals surface area contributed by atoms with Crippen LogP contribution in [0.2, 0.25) is 0 Å². The third-order valence-corrected chi connectivity index (χ3v) is 7.67. The van der Waals surface area contributed by atoms with Crippen molar-refractivity contribution in [2.45, 2.75) is 13.0 Å². The van der Waals surface area contributed by atoms with E-state index in [2.05, 4.69) is 42.3 Å². The van der Waals surface area contributed by atoms with Gasteiger partial charge >= 0.3 is 0 Å². The maximum atomic E-state index is 14.3. The van der Waals surface area contributed by atoms with E-state index in [4.69, 9.17) is 0 Å². The minimum atomic E-state index is -3.00. The Balaban J connectivity index is 1.82. The van der Waals surface area contributed by atoms with E-state index in [0.29, 0.717) is 0 Å². The number of hydrogen-bond acceptors (Lipinski definition) is 1. The molecule has 0 aliphatic rings. The molecule has 0 radical (unpaired) electrons. The van der Waals surface area contributed by atoms with Crippen molar-refractivity contribution in [3.05, 3.63) is 109 Å². The summed E-state index contributed by atoms with van der Waals surface area (Å²) in [6, 6.07) is 34.1. The van der Waals surface area contributed by atoms with Crippen LogP contribution in [-0.4, -0.2) is 0 Å². The summed E-state index contributed by atoms with van der Waals surface area (Å²) in [6.45, 7) is 2.06. The Labute approximate surface area is 160 Å². The molecule has 0 aliphatic heterocycles. The SMILES string of the molecule is C[C@@H](N[P@](=O)(c1ccccc1)c1ccc2ccccc2c1)c1ccccc1. The molecule has 0 spiro atoms. The summed E-state index contributed by atoms with van der Waals surface area (Å²) in [5, 5.41) is 7.36. The molecule has 0 aliphatic carbocycles. The van der Waals surface area contributed by atoms with Crippen LogP contribution in [0.4, 0.5) is 0 Å². The molecule has 2 nitrogen and oxygen atoms in total. The quantitative estimate of drug-likeness (QED) is 0.475. The van der Waals surface area contributed by atoms with Crippen LogP contribution in [0.15, 0.2) is 103 Å². The van der Waals surface area contributed by atoms with Crippen LogP contribution in [0.1, 0.15) is 18.5 Å². The number of hydrogen-bond donors (Lipinski definition) is 1. The summed E-state index contributed by atoms with van der Waals surface area (Å²) in [5.41, 5.74) is 1.12. The molecule has 0 saturated carbocycles. The van der Waals surface area contributed by atoms with Gasteiger partial charge in [0.25, 0.3) is 0 Å². The summed E-state index contributed by atoms with van der Waals surface area (Å²) in [5.74, 6) is 0. The van der Waals surface area contributed by atoms with Crippen LogP contribution in [0.3, 0.4) is 0 Å². The maximum absolute atomic E-state index is 14.3. The Morgan fingerprint density at radius 2 is 1.26 bits per heavy atom. The van der Waals surface area contributed by atoms with Crippen molar-refractivity contribution in [1.29, 1.82) is 0 Å². The first-order chi connectivity index (χ1) is 13.2. The van der Waals surface area contributed by atoms with Gasteiger partial charge in [-0.15, -0.1) is 0 Å². The highest BCUT2D eigenvalue weighted by molar-refractivity contribution is 7.77. The number of nitrogens with one attached hydrogen (secondary N) is 1. The van der Waals surface area contributed by atoms with Gasteiger partial charge in [-0.2, -0.15) is 0 Å². The molecule has 0 heterocycles. The normalized spacial score (nSPS) is 14.6. The summed E-state index contributed by atoms with van der Waals surface area (Å²) in [4.78, 5) is 0. The van der Waals surface area contributed by atoms with Crippen LogP contribution in [-0.2, 0) is 4.57 Å². The molecule has 4 aromatic rings. The third-order valence-electron chi connectivity index (χ3n) is 4.89. The molecule has 3 heteroatoms.